The number of aliphatic hydroxyl groups excluding tert-OH is 1. The average Bonchev–Trinajstić information content (AvgIpc) is 2.72. The Morgan fingerprint density at radius 2 is 1.95 bits per heavy atom. The van der Waals surface area contributed by atoms with Crippen molar-refractivity contribution in [3.05, 3.63) is 28.2 Å². The van der Waals surface area contributed by atoms with Gasteiger partial charge in [0.25, 0.3) is 0 Å². The SMILES string of the molecule is COc1ccc(Br)cc1C(O)C1(C#N)CCCCCC1. The molecular formula is C16H20BrNO2. The molecule has 0 amide bonds. The third kappa shape index (κ3) is 2.99. The van der Waals surface area contributed by atoms with Crippen molar-refractivity contribution in [1.29, 1.82) is 5.26 Å². The van der Waals surface area contributed by atoms with E-state index in [1.54, 1.807) is 7.11 Å². The van der Waals surface area contributed by atoms with Gasteiger partial charge < -0.3 is 9.84 Å². The van der Waals surface area contributed by atoms with Crippen LogP contribution in [0.5, 0.6) is 5.75 Å². The summed E-state index contributed by atoms with van der Waals surface area (Å²) in [5.74, 6) is 0.638. The Bertz CT molecular complexity index is 502. The van der Waals surface area contributed by atoms with Crippen molar-refractivity contribution < 1.29 is 9.84 Å². The number of aliphatic hydroxyl groups is 1. The normalized spacial score (nSPS) is 19.7. The number of hydrogen-bond acceptors (Lipinski definition) is 3. The van der Waals surface area contributed by atoms with Crippen molar-refractivity contribution in [3.63, 3.8) is 0 Å². The van der Waals surface area contributed by atoms with E-state index in [1.165, 1.54) is 0 Å². The molecule has 1 unspecified atom stereocenters. The highest BCUT2D eigenvalue weighted by Crippen LogP contribution is 2.47. The summed E-state index contributed by atoms with van der Waals surface area (Å²) in [7, 11) is 1.59. The van der Waals surface area contributed by atoms with Gasteiger partial charge in [0.1, 0.15) is 11.9 Å². The number of rotatable bonds is 3. The first-order valence-corrected chi connectivity index (χ1v) is 7.85. The van der Waals surface area contributed by atoms with E-state index in [-0.39, 0.29) is 0 Å². The van der Waals surface area contributed by atoms with Crippen LogP contribution < -0.4 is 4.74 Å². The average molecular weight is 338 g/mol. The third-order valence-electron chi connectivity index (χ3n) is 4.23. The van der Waals surface area contributed by atoms with E-state index in [2.05, 4.69) is 22.0 Å². The monoisotopic (exact) mass is 337 g/mol. The molecule has 108 valence electrons. The topological polar surface area (TPSA) is 53.2 Å². The first kappa shape index (κ1) is 15.3. The lowest BCUT2D eigenvalue weighted by atomic mass is 9.74. The Morgan fingerprint density at radius 3 is 2.50 bits per heavy atom. The van der Waals surface area contributed by atoms with Crippen LogP contribution in [0.3, 0.4) is 0 Å². The molecule has 2 rings (SSSR count). The molecule has 0 radical (unpaired) electrons. The number of methoxy groups -OCH3 is 1. The first-order chi connectivity index (χ1) is 9.63. The van der Waals surface area contributed by atoms with Crippen LogP contribution in [-0.4, -0.2) is 12.2 Å². The standard InChI is InChI=1S/C16H20BrNO2/c1-20-14-7-6-12(17)10-13(14)15(19)16(11-18)8-4-2-3-5-9-16/h6-7,10,15,19H,2-5,8-9H2,1H3. The lowest BCUT2D eigenvalue weighted by Gasteiger charge is -2.31. The Balaban J connectivity index is 2.40. The summed E-state index contributed by atoms with van der Waals surface area (Å²) in [5.41, 5.74) is 0.00947. The van der Waals surface area contributed by atoms with Gasteiger partial charge in [0.05, 0.1) is 18.6 Å². The Kier molecular flexibility index (Phi) is 5.06. The summed E-state index contributed by atoms with van der Waals surface area (Å²) in [6.45, 7) is 0. The minimum atomic E-state index is -0.807. The highest BCUT2D eigenvalue weighted by molar-refractivity contribution is 9.10. The molecule has 20 heavy (non-hydrogen) atoms. The molecule has 0 heterocycles. The zero-order valence-corrected chi connectivity index (χ0v) is 13.3. The fourth-order valence-electron chi connectivity index (χ4n) is 3.02. The Morgan fingerprint density at radius 1 is 1.30 bits per heavy atom. The molecule has 1 aliphatic carbocycles. The molecule has 0 bridgehead atoms. The number of halogens is 1. The summed E-state index contributed by atoms with van der Waals surface area (Å²) in [6, 6.07) is 7.96. The van der Waals surface area contributed by atoms with Crippen LogP contribution in [0.1, 0.15) is 50.2 Å². The van der Waals surface area contributed by atoms with Crippen molar-refractivity contribution in [3.8, 4) is 11.8 Å². The summed E-state index contributed by atoms with van der Waals surface area (Å²) in [5, 5.41) is 20.5. The van der Waals surface area contributed by atoms with Crippen LogP contribution in [0.15, 0.2) is 22.7 Å². The van der Waals surface area contributed by atoms with Gasteiger partial charge in [-0.3, -0.25) is 0 Å². The maximum absolute atomic E-state index is 10.8. The summed E-state index contributed by atoms with van der Waals surface area (Å²) < 4.78 is 6.23. The molecule has 1 N–H and O–H groups in total. The number of nitrogens with zero attached hydrogens (tertiary/aromatic N) is 1. The summed E-state index contributed by atoms with van der Waals surface area (Å²) >= 11 is 3.42. The second-order valence-corrected chi connectivity index (χ2v) is 6.39. The zero-order chi connectivity index (χ0) is 14.6. The van der Waals surface area contributed by atoms with E-state index in [0.29, 0.717) is 11.3 Å². The van der Waals surface area contributed by atoms with Gasteiger partial charge in [-0.25, -0.2) is 0 Å². The number of ether oxygens (including phenoxy) is 1. The van der Waals surface area contributed by atoms with Gasteiger partial charge in [-0.2, -0.15) is 5.26 Å². The quantitative estimate of drug-likeness (QED) is 0.834. The maximum atomic E-state index is 10.8. The van der Waals surface area contributed by atoms with E-state index < -0.39 is 11.5 Å². The highest BCUT2D eigenvalue weighted by Gasteiger charge is 2.40. The van der Waals surface area contributed by atoms with Crippen LogP contribution in [0.25, 0.3) is 0 Å². The molecule has 1 saturated carbocycles. The molecule has 0 saturated heterocycles. The molecule has 0 aliphatic heterocycles. The lowest BCUT2D eigenvalue weighted by molar-refractivity contribution is 0.0495. The van der Waals surface area contributed by atoms with Crippen molar-refractivity contribution in [2.75, 3.05) is 7.11 Å². The number of hydrogen-bond donors (Lipinski definition) is 1. The molecular weight excluding hydrogens is 318 g/mol. The van der Waals surface area contributed by atoms with E-state index in [4.69, 9.17) is 4.74 Å². The minimum Gasteiger partial charge on any atom is -0.496 e. The van der Waals surface area contributed by atoms with Crippen LogP contribution in [0, 0.1) is 16.7 Å². The van der Waals surface area contributed by atoms with Crippen molar-refractivity contribution >= 4 is 15.9 Å². The van der Waals surface area contributed by atoms with Crippen LogP contribution in [-0.2, 0) is 0 Å². The van der Waals surface area contributed by atoms with Crippen LogP contribution >= 0.6 is 15.9 Å². The van der Waals surface area contributed by atoms with E-state index >= 15 is 0 Å². The summed E-state index contributed by atoms with van der Waals surface area (Å²) in [4.78, 5) is 0. The molecule has 0 aromatic heterocycles. The molecule has 1 aliphatic rings. The summed E-state index contributed by atoms with van der Waals surface area (Å²) in [6.07, 6.45) is 4.98. The highest BCUT2D eigenvalue weighted by atomic mass is 79.9. The number of nitriles is 1. The van der Waals surface area contributed by atoms with Crippen molar-refractivity contribution in [2.24, 2.45) is 5.41 Å². The van der Waals surface area contributed by atoms with Crippen molar-refractivity contribution in [2.45, 2.75) is 44.6 Å². The van der Waals surface area contributed by atoms with Gasteiger partial charge in [0, 0.05) is 10.0 Å². The van der Waals surface area contributed by atoms with Gasteiger partial charge in [0.2, 0.25) is 0 Å². The predicted octanol–water partition coefficient (Wildman–Crippen LogP) is 4.36. The molecule has 3 nitrogen and oxygen atoms in total. The predicted molar refractivity (Wildman–Crippen MR) is 81.4 cm³/mol. The van der Waals surface area contributed by atoms with E-state index in [1.807, 2.05) is 18.2 Å². The molecule has 1 aromatic rings. The molecule has 4 heteroatoms. The van der Waals surface area contributed by atoms with E-state index in [9.17, 15) is 10.4 Å². The fourth-order valence-corrected chi connectivity index (χ4v) is 3.40. The van der Waals surface area contributed by atoms with Gasteiger partial charge in [0.15, 0.2) is 0 Å². The van der Waals surface area contributed by atoms with Crippen LogP contribution in [0.4, 0.5) is 0 Å². The maximum Gasteiger partial charge on any atom is 0.124 e. The first-order valence-electron chi connectivity index (χ1n) is 7.06. The molecule has 1 aromatic carbocycles. The lowest BCUT2D eigenvalue weighted by Crippen LogP contribution is -2.27. The van der Waals surface area contributed by atoms with Gasteiger partial charge >= 0.3 is 0 Å². The van der Waals surface area contributed by atoms with Crippen molar-refractivity contribution in [1.82, 2.24) is 0 Å². The van der Waals surface area contributed by atoms with Crippen LogP contribution in [0.2, 0.25) is 0 Å². The van der Waals surface area contributed by atoms with Gasteiger partial charge in [-0.05, 0) is 31.0 Å². The molecule has 0 spiro atoms. The Labute approximate surface area is 128 Å². The smallest absolute Gasteiger partial charge is 0.124 e. The fraction of sp³-hybridized carbons (Fsp3) is 0.562. The largest absolute Gasteiger partial charge is 0.496 e. The Hall–Kier alpha value is -1.05. The third-order valence-corrected chi connectivity index (χ3v) is 4.72. The second kappa shape index (κ2) is 6.60. The van der Waals surface area contributed by atoms with E-state index in [0.717, 1.165) is 43.0 Å². The van der Waals surface area contributed by atoms with Gasteiger partial charge in [-0.15, -0.1) is 0 Å². The zero-order valence-electron chi connectivity index (χ0n) is 11.7. The van der Waals surface area contributed by atoms with Gasteiger partial charge in [-0.1, -0.05) is 41.6 Å². The molecule has 1 fully saturated rings. The number of benzene rings is 1. The minimum absolute atomic E-state index is 0.638. The second-order valence-electron chi connectivity index (χ2n) is 5.47. The molecule has 1 atom stereocenters.